The maximum atomic E-state index is 12.3. The Morgan fingerprint density at radius 1 is 1.03 bits per heavy atom. The highest BCUT2D eigenvalue weighted by molar-refractivity contribution is 5.67. The predicted molar refractivity (Wildman–Crippen MR) is 122 cm³/mol. The van der Waals surface area contributed by atoms with Gasteiger partial charge in [0.1, 0.15) is 12.2 Å². The minimum atomic E-state index is -0.691. The molecule has 2 aromatic carbocycles. The smallest absolute Gasteiger partial charge is 0.407 e. The maximum absolute atomic E-state index is 12.3. The minimum Gasteiger partial charge on any atom is -0.442 e. The van der Waals surface area contributed by atoms with Crippen molar-refractivity contribution in [3.05, 3.63) is 60.2 Å². The van der Waals surface area contributed by atoms with Crippen molar-refractivity contribution in [1.82, 2.24) is 16.0 Å². The first-order valence-electron chi connectivity index (χ1n) is 11.4. The maximum Gasteiger partial charge on any atom is 0.407 e. The van der Waals surface area contributed by atoms with Crippen LogP contribution in [0.15, 0.2) is 54.6 Å². The number of rotatable bonds is 7. The Balaban J connectivity index is 1.27. The van der Waals surface area contributed by atoms with E-state index < -0.39 is 18.3 Å². The third-order valence-corrected chi connectivity index (χ3v) is 6.41. The van der Waals surface area contributed by atoms with Gasteiger partial charge in [0.15, 0.2) is 0 Å². The van der Waals surface area contributed by atoms with Gasteiger partial charge >= 0.3 is 6.09 Å². The van der Waals surface area contributed by atoms with Crippen molar-refractivity contribution in [2.24, 2.45) is 5.92 Å². The van der Waals surface area contributed by atoms with E-state index in [0.29, 0.717) is 25.4 Å². The summed E-state index contributed by atoms with van der Waals surface area (Å²) in [4.78, 5) is 12.3. The number of hydrogen-bond acceptors (Lipinski definition) is 5. The Morgan fingerprint density at radius 3 is 2.48 bits per heavy atom. The van der Waals surface area contributed by atoms with Crippen LogP contribution in [-0.2, 0) is 11.2 Å². The normalized spacial score (nSPS) is 24.1. The van der Waals surface area contributed by atoms with Crippen LogP contribution in [0.1, 0.15) is 24.8 Å². The fraction of sp³-hybridized carbons (Fsp3) is 0.480. The Hall–Kier alpha value is -2.41. The number of benzene rings is 2. The van der Waals surface area contributed by atoms with E-state index in [-0.39, 0.29) is 6.04 Å². The van der Waals surface area contributed by atoms with Gasteiger partial charge in [-0.25, -0.2) is 4.79 Å². The number of ether oxygens (including phenoxy) is 1. The molecule has 6 nitrogen and oxygen atoms in total. The lowest BCUT2D eigenvalue weighted by atomic mass is 9.95. The zero-order chi connectivity index (χ0) is 21.5. The first kappa shape index (κ1) is 21.8. The van der Waals surface area contributed by atoms with Gasteiger partial charge in [-0.1, -0.05) is 54.6 Å². The van der Waals surface area contributed by atoms with E-state index in [9.17, 15) is 9.90 Å². The van der Waals surface area contributed by atoms with Gasteiger partial charge in [-0.15, -0.1) is 0 Å². The highest BCUT2D eigenvalue weighted by Gasteiger charge is 2.37. The summed E-state index contributed by atoms with van der Waals surface area (Å²) in [6, 6.07) is 18.6. The van der Waals surface area contributed by atoms with Crippen LogP contribution in [-0.4, -0.2) is 55.6 Å². The summed E-state index contributed by atoms with van der Waals surface area (Å²) < 4.78 is 5.62. The lowest BCUT2D eigenvalue weighted by molar-refractivity contribution is 0.0188. The van der Waals surface area contributed by atoms with Crippen LogP contribution >= 0.6 is 0 Å². The molecular formula is C25H33N3O3. The van der Waals surface area contributed by atoms with Crippen molar-refractivity contribution in [2.45, 2.75) is 43.9 Å². The van der Waals surface area contributed by atoms with E-state index in [2.05, 4.69) is 52.3 Å². The van der Waals surface area contributed by atoms with Gasteiger partial charge in [0.25, 0.3) is 0 Å². The van der Waals surface area contributed by atoms with Gasteiger partial charge in [0.2, 0.25) is 0 Å². The molecule has 4 rings (SSSR count). The van der Waals surface area contributed by atoms with Crippen molar-refractivity contribution < 1.29 is 14.6 Å². The SMILES string of the molecule is O=C(NCCC1CCNCC1)O[C@@H]1[C@@H](O)CN[C@@H]1Cc1ccc(-c2ccccc2)cc1. The van der Waals surface area contributed by atoms with Gasteiger partial charge < -0.3 is 25.8 Å². The summed E-state index contributed by atoms with van der Waals surface area (Å²) >= 11 is 0. The number of aliphatic hydroxyl groups excluding tert-OH is 1. The average Bonchev–Trinajstić information content (AvgIpc) is 3.14. The monoisotopic (exact) mass is 423 g/mol. The molecule has 0 saturated carbocycles. The first-order chi connectivity index (χ1) is 15.2. The van der Waals surface area contributed by atoms with Gasteiger partial charge in [0, 0.05) is 13.1 Å². The number of β-amino-alcohol motifs (C(OH)–C–C–N with tert-alkyl or cyclic N) is 1. The quantitative estimate of drug-likeness (QED) is 0.551. The predicted octanol–water partition coefficient (Wildman–Crippen LogP) is 2.71. The van der Waals surface area contributed by atoms with Crippen LogP contribution in [0.2, 0.25) is 0 Å². The molecule has 2 heterocycles. The third kappa shape index (κ3) is 6.06. The summed E-state index contributed by atoms with van der Waals surface area (Å²) in [5.41, 5.74) is 3.50. The van der Waals surface area contributed by atoms with E-state index in [4.69, 9.17) is 4.74 Å². The molecule has 0 spiro atoms. The van der Waals surface area contributed by atoms with Gasteiger partial charge in [-0.05, 0) is 61.4 Å². The Bertz CT molecular complexity index is 822. The molecule has 2 saturated heterocycles. The molecule has 31 heavy (non-hydrogen) atoms. The van der Waals surface area contributed by atoms with Gasteiger partial charge in [-0.3, -0.25) is 0 Å². The largest absolute Gasteiger partial charge is 0.442 e. The molecule has 166 valence electrons. The second-order valence-electron chi connectivity index (χ2n) is 8.63. The molecule has 4 N–H and O–H groups in total. The number of carbonyl (C=O) groups excluding carboxylic acids is 1. The number of piperidine rings is 1. The number of nitrogens with one attached hydrogen (secondary N) is 3. The second kappa shape index (κ2) is 10.8. The van der Waals surface area contributed by atoms with Gasteiger partial charge in [-0.2, -0.15) is 0 Å². The van der Waals surface area contributed by atoms with Crippen molar-refractivity contribution in [3.63, 3.8) is 0 Å². The Labute approximate surface area is 184 Å². The fourth-order valence-corrected chi connectivity index (χ4v) is 4.55. The van der Waals surface area contributed by atoms with E-state index >= 15 is 0 Å². The second-order valence-corrected chi connectivity index (χ2v) is 8.63. The van der Waals surface area contributed by atoms with E-state index in [1.54, 1.807) is 0 Å². The van der Waals surface area contributed by atoms with Gasteiger partial charge in [0.05, 0.1) is 6.04 Å². The zero-order valence-electron chi connectivity index (χ0n) is 17.9. The molecule has 2 aliphatic heterocycles. The van der Waals surface area contributed by atoms with Crippen LogP contribution in [0.4, 0.5) is 4.79 Å². The zero-order valence-corrected chi connectivity index (χ0v) is 17.9. The first-order valence-corrected chi connectivity index (χ1v) is 11.4. The molecule has 2 fully saturated rings. The molecule has 0 aliphatic carbocycles. The summed E-state index contributed by atoms with van der Waals surface area (Å²) in [6.07, 6.45) is 2.31. The lowest BCUT2D eigenvalue weighted by Crippen LogP contribution is -2.42. The van der Waals surface area contributed by atoms with Crippen LogP contribution in [0, 0.1) is 5.92 Å². The molecule has 0 aromatic heterocycles. The van der Waals surface area contributed by atoms with E-state index in [1.807, 2.05) is 18.2 Å². The highest BCUT2D eigenvalue weighted by Crippen LogP contribution is 2.22. The Kier molecular flexibility index (Phi) is 7.57. The molecule has 1 amide bonds. The number of alkyl carbamates (subject to hydrolysis) is 1. The number of carbonyl (C=O) groups is 1. The van der Waals surface area contributed by atoms with Crippen LogP contribution in [0.5, 0.6) is 0 Å². The molecule has 0 bridgehead atoms. The van der Waals surface area contributed by atoms with Crippen LogP contribution in [0.25, 0.3) is 11.1 Å². The molecule has 3 atom stereocenters. The highest BCUT2D eigenvalue weighted by atomic mass is 16.6. The summed E-state index contributed by atoms with van der Waals surface area (Å²) in [5, 5.41) is 19.9. The van der Waals surface area contributed by atoms with Crippen molar-refractivity contribution in [3.8, 4) is 11.1 Å². The minimum absolute atomic E-state index is 0.104. The standard InChI is InChI=1S/C25H33N3O3/c29-23-17-28-22(16-19-6-8-21(9-7-19)20-4-2-1-3-5-20)24(23)31-25(30)27-15-12-18-10-13-26-14-11-18/h1-9,18,22-24,26,28-29H,10-17H2,(H,27,30)/t22-,23+,24+/m1/s1. The summed E-state index contributed by atoms with van der Waals surface area (Å²) in [7, 11) is 0. The van der Waals surface area contributed by atoms with Crippen molar-refractivity contribution >= 4 is 6.09 Å². The topological polar surface area (TPSA) is 82.6 Å². The molecule has 0 unspecified atom stereocenters. The molecular weight excluding hydrogens is 390 g/mol. The third-order valence-electron chi connectivity index (χ3n) is 6.41. The molecule has 2 aromatic rings. The van der Waals surface area contributed by atoms with E-state index in [0.717, 1.165) is 37.9 Å². The van der Waals surface area contributed by atoms with Crippen LogP contribution in [0.3, 0.4) is 0 Å². The fourth-order valence-electron chi connectivity index (χ4n) is 4.55. The number of amides is 1. The van der Waals surface area contributed by atoms with E-state index in [1.165, 1.54) is 11.1 Å². The molecule has 6 heteroatoms. The summed E-state index contributed by atoms with van der Waals surface area (Å²) in [5.74, 6) is 0.659. The van der Waals surface area contributed by atoms with Crippen molar-refractivity contribution in [2.75, 3.05) is 26.2 Å². The summed E-state index contributed by atoms with van der Waals surface area (Å²) in [6.45, 7) is 3.16. The number of hydrogen-bond donors (Lipinski definition) is 4. The Morgan fingerprint density at radius 2 is 1.74 bits per heavy atom. The van der Waals surface area contributed by atoms with Crippen LogP contribution < -0.4 is 16.0 Å². The molecule has 0 radical (unpaired) electrons. The average molecular weight is 424 g/mol. The molecule has 2 aliphatic rings. The number of aliphatic hydroxyl groups is 1. The lowest BCUT2D eigenvalue weighted by Gasteiger charge is -2.24. The van der Waals surface area contributed by atoms with Crippen molar-refractivity contribution in [1.29, 1.82) is 0 Å².